The van der Waals surface area contributed by atoms with Gasteiger partial charge in [0.2, 0.25) is 0 Å². The first-order valence-corrected chi connectivity index (χ1v) is 8.54. The van der Waals surface area contributed by atoms with Crippen molar-refractivity contribution >= 4 is 0 Å². The fourth-order valence-corrected chi connectivity index (χ4v) is 3.49. The molecule has 6 nitrogen and oxygen atoms in total. The number of ether oxygens (including phenoxy) is 1. The third-order valence-electron chi connectivity index (χ3n) is 4.79. The number of hydrogen-bond acceptors (Lipinski definition) is 5. The van der Waals surface area contributed by atoms with Gasteiger partial charge in [-0.1, -0.05) is 33.1 Å². The maximum Gasteiger partial charge on any atom is 0.155 e. The predicted octanol–water partition coefficient (Wildman–Crippen LogP) is 2.00. The van der Waals surface area contributed by atoms with Crippen molar-refractivity contribution in [3.05, 3.63) is 11.6 Å². The normalized spacial score (nSPS) is 26.5. The molecule has 0 spiro atoms. The second-order valence-electron chi connectivity index (χ2n) is 7.11. The van der Waals surface area contributed by atoms with Crippen LogP contribution in [-0.2, 0) is 4.74 Å². The van der Waals surface area contributed by atoms with Gasteiger partial charge in [0.25, 0.3) is 0 Å². The quantitative estimate of drug-likeness (QED) is 0.890. The van der Waals surface area contributed by atoms with Crippen LogP contribution in [0, 0.1) is 0 Å². The molecule has 0 bridgehead atoms. The van der Waals surface area contributed by atoms with Crippen LogP contribution in [0.2, 0.25) is 0 Å². The smallest absolute Gasteiger partial charge is 0.155 e. The Balaban J connectivity index is 1.61. The molecule has 22 heavy (non-hydrogen) atoms. The summed E-state index contributed by atoms with van der Waals surface area (Å²) in [5.74, 6) is 1.96. The summed E-state index contributed by atoms with van der Waals surface area (Å²) in [7, 11) is 0. The van der Waals surface area contributed by atoms with Crippen molar-refractivity contribution in [1.82, 2.24) is 20.1 Å². The molecule has 0 radical (unpaired) electrons. The van der Waals surface area contributed by atoms with E-state index in [9.17, 15) is 5.11 Å². The number of rotatable bonds is 4. The van der Waals surface area contributed by atoms with Gasteiger partial charge in [0.1, 0.15) is 6.10 Å². The molecular weight excluding hydrogens is 280 g/mol. The minimum Gasteiger partial charge on any atom is -0.389 e. The van der Waals surface area contributed by atoms with E-state index in [4.69, 9.17) is 4.74 Å². The molecule has 0 aromatic carbocycles. The Morgan fingerprint density at radius 1 is 1.36 bits per heavy atom. The second-order valence-corrected chi connectivity index (χ2v) is 7.11. The Hall–Kier alpha value is -0.980. The maximum atomic E-state index is 10.7. The molecule has 1 atom stereocenters. The van der Waals surface area contributed by atoms with Crippen molar-refractivity contribution in [2.45, 2.75) is 63.6 Å². The monoisotopic (exact) mass is 308 g/mol. The summed E-state index contributed by atoms with van der Waals surface area (Å²) in [6.45, 7) is 7.24. The number of H-pyrrole nitrogens is 1. The summed E-state index contributed by atoms with van der Waals surface area (Å²) in [6, 6.07) is 0. The van der Waals surface area contributed by atoms with E-state index in [0.29, 0.717) is 12.5 Å². The van der Waals surface area contributed by atoms with Gasteiger partial charge in [-0.15, -0.1) is 0 Å². The molecule has 2 N–H and O–H groups in total. The summed E-state index contributed by atoms with van der Waals surface area (Å²) >= 11 is 0. The van der Waals surface area contributed by atoms with Gasteiger partial charge in [-0.2, -0.15) is 5.10 Å². The molecule has 1 aromatic heterocycles. The highest BCUT2D eigenvalue weighted by Gasteiger charge is 2.34. The summed E-state index contributed by atoms with van der Waals surface area (Å²) in [5, 5.41) is 18.0. The highest BCUT2D eigenvalue weighted by molar-refractivity contribution is 5.00. The van der Waals surface area contributed by atoms with E-state index in [0.717, 1.165) is 57.0 Å². The van der Waals surface area contributed by atoms with Crippen molar-refractivity contribution < 1.29 is 9.84 Å². The van der Waals surface area contributed by atoms with Crippen molar-refractivity contribution in [2.75, 3.05) is 26.2 Å². The molecule has 0 amide bonds. The fraction of sp³-hybridized carbons (Fsp3) is 0.875. The first kappa shape index (κ1) is 15.9. The maximum absolute atomic E-state index is 10.7. The van der Waals surface area contributed by atoms with Crippen LogP contribution >= 0.6 is 0 Å². The standard InChI is InChI=1S/C16H28N4O2/c1-12(2)14-17-15(19-18-14)13-10-20(8-9-22-13)11-16(21)6-4-3-5-7-16/h12-13,21H,3-11H2,1-2H3,(H,17,18,19)/t13-/m0/s1. The van der Waals surface area contributed by atoms with E-state index in [1.54, 1.807) is 0 Å². The van der Waals surface area contributed by atoms with Gasteiger partial charge in [0.15, 0.2) is 11.6 Å². The topological polar surface area (TPSA) is 74.3 Å². The SMILES string of the molecule is CC(C)c1n[nH]c([C@@H]2CN(CC3(O)CCCCC3)CCO2)n1. The number of aliphatic hydroxyl groups is 1. The van der Waals surface area contributed by atoms with Gasteiger partial charge < -0.3 is 9.84 Å². The zero-order chi connectivity index (χ0) is 15.6. The van der Waals surface area contributed by atoms with Crippen LogP contribution in [0.5, 0.6) is 0 Å². The predicted molar refractivity (Wildman–Crippen MR) is 83.6 cm³/mol. The van der Waals surface area contributed by atoms with Gasteiger partial charge in [-0.05, 0) is 12.8 Å². The van der Waals surface area contributed by atoms with E-state index in [1.807, 2.05) is 0 Å². The largest absolute Gasteiger partial charge is 0.389 e. The fourth-order valence-electron chi connectivity index (χ4n) is 3.49. The number of nitrogens with zero attached hydrogens (tertiary/aromatic N) is 3. The summed E-state index contributed by atoms with van der Waals surface area (Å²) in [5.41, 5.74) is -0.509. The van der Waals surface area contributed by atoms with Gasteiger partial charge in [-0.25, -0.2) is 4.98 Å². The van der Waals surface area contributed by atoms with Gasteiger partial charge in [-0.3, -0.25) is 10.00 Å². The van der Waals surface area contributed by atoms with Crippen LogP contribution in [0.25, 0.3) is 0 Å². The molecule has 1 saturated heterocycles. The highest BCUT2D eigenvalue weighted by atomic mass is 16.5. The van der Waals surface area contributed by atoms with Crippen molar-refractivity contribution in [2.24, 2.45) is 0 Å². The Morgan fingerprint density at radius 3 is 2.82 bits per heavy atom. The van der Waals surface area contributed by atoms with E-state index in [2.05, 4.69) is 33.9 Å². The minimum atomic E-state index is -0.509. The molecule has 1 aliphatic carbocycles. The van der Waals surface area contributed by atoms with Crippen molar-refractivity contribution in [1.29, 1.82) is 0 Å². The molecule has 2 fully saturated rings. The lowest BCUT2D eigenvalue weighted by Gasteiger charge is -2.40. The number of morpholine rings is 1. The van der Waals surface area contributed by atoms with Crippen molar-refractivity contribution in [3.63, 3.8) is 0 Å². The number of β-amino-alcohol motifs (C(OH)–C–C–N with tert-alkyl or cyclic N) is 1. The van der Waals surface area contributed by atoms with Gasteiger partial charge >= 0.3 is 0 Å². The average molecular weight is 308 g/mol. The summed E-state index contributed by atoms with van der Waals surface area (Å²) in [6.07, 6.45) is 5.32. The van der Waals surface area contributed by atoms with Gasteiger partial charge in [0, 0.05) is 25.6 Å². The van der Waals surface area contributed by atoms with E-state index in [-0.39, 0.29) is 6.10 Å². The zero-order valence-corrected chi connectivity index (χ0v) is 13.7. The molecular formula is C16H28N4O2. The Kier molecular flexibility index (Phi) is 4.80. The Labute approximate surface area is 132 Å². The van der Waals surface area contributed by atoms with Crippen LogP contribution < -0.4 is 0 Å². The van der Waals surface area contributed by atoms with Gasteiger partial charge in [0.05, 0.1) is 12.2 Å². The first-order valence-electron chi connectivity index (χ1n) is 8.54. The summed E-state index contributed by atoms with van der Waals surface area (Å²) in [4.78, 5) is 6.87. The summed E-state index contributed by atoms with van der Waals surface area (Å²) < 4.78 is 5.85. The molecule has 2 aliphatic rings. The number of hydrogen-bond donors (Lipinski definition) is 2. The molecule has 1 aliphatic heterocycles. The molecule has 2 heterocycles. The average Bonchev–Trinajstić information content (AvgIpc) is 2.98. The van der Waals surface area contributed by atoms with Crippen LogP contribution in [0.1, 0.15) is 69.6 Å². The molecule has 1 aromatic rings. The molecule has 0 unspecified atom stereocenters. The lowest BCUT2D eigenvalue weighted by atomic mass is 9.84. The van der Waals surface area contributed by atoms with Crippen molar-refractivity contribution in [3.8, 4) is 0 Å². The zero-order valence-electron chi connectivity index (χ0n) is 13.7. The minimum absolute atomic E-state index is 0.0686. The lowest BCUT2D eigenvalue weighted by Crippen LogP contribution is -2.49. The van der Waals surface area contributed by atoms with Crippen LogP contribution in [0.3, 0.4) is 0 Å². The van der Waals surface area contributed by atoms with Crippen LogP contribution in [0.15, 0.2) is 0 Å². The molecule has 3 rings (SSSR count). The Bertz CT molecular complexity index is 482. The highest BCUT2D eigenvalue weighted by Crippen LogP contribution is 2.30. The number of aromatic amines is 1. The van der Waals surface area contributed by atoms with E-state index >= 15 is 0 Å². The number of nitrogens with one attached hydrogen (secondary N) is 1. The molecule has 6 heteroatoms. The van der Waals surface area contributed by atoms with Crippen LogP contribution in [-0.4, -0.2) is 57.0 Å². The first-order chi connectivity index (χ1) is 10.6. The Morgan fingerprint density at radius 2 is 2.14 bits per heavy atom. The second kappa shape index (κ2) is 6.64. The third-order valence-corrected chi connectivity index (χ3v) is 4.79. The lowest BCUT2D eigenvalue weighted by molar-refractivity contribution is -0.0787. The van der Waals surface area contributed by atoms with E-state index < -0.39 is 5.60 Å². The van der Waals surface area contributed by atoms with Crippen LogP contribution in [0.4, 0.5) is 0 Å². The number of aromatic nitrogens is 3. The third kappa shape index (κ3) is 3.67. The molecule has 124 valence electrons. The van der Waals surface area contributed by atoms with E-state index in [1.165, 1.54) is 6.42 Å². The molecule has 1 saturated carbocycles.